The molecule has 0 saturated heterocycles. The van der Waals surface area contributed by atoms with E-state index in [0.29, 0.717) is 0 Å². The van der Waals surface area contributed by atoms with Crippen LogP contribution in [-0.2, 0) is 0 Å². The maximum atomic E-state index is 6.82. The van der Waals surface area contributed by atoms with Crippen LogP contribution in [0.2, 0.25) is 0 Å². The van der Waals surface area contributed by atoms with E-state index >= 15 is 0 Å². The van der Waals surface area contributed by atoms with Gasteiger partial charge in [-0.25, -0.2) is 0 Å². The highest BCUT2D eigenvalue weighted by Crippen LogP contribution is 2.47. The van der Waals surface area contributed by atoms with Crippen molar-refractivity contribution in [2.24, 2.45) is 0 Å². The van der Waals surface area contributed by atoms with Crippen molar-refractivity contribution in [2.45, 2.75) is 0 Å². The molecule has 0 atom stereocenters. The number of hydrogen-bond acceptors (Lipinski definition) is 1. The van der Waals surface area contributed by atoms with E-state index in [9.17, 15) is 0 Å². The second kappa shape index (κ2) is 10.9. The molecule has 51 heavy (non-hydrogen) atoms. The van der Waals surface area contributed by atoms with E-state index in [0.717, 1.165) is 27.5 Å². The lowest BCUT2D eigenvalue weighted by molar-refractivity contribution is 0.673. The molecular formula is C50H30O. The zero-order valence-electron chi connectivity index (χ0n) is 27.7. The van der Waals surface area contributed by atoms with Crippen LogP contribution in [0.1, 0.15) is 0 Å². The lowest BCUT2D eigenvalue weighted by Crippen LogP contribution is -1.92. The van der Waals surface area contributed by atoms with Crippen molar-refractivity contribution in [1.29, 1.82) is 0 Å². The zero-order valence-corrected chi connectivity index (χ0v) is 27.7. The van der Waals surface area contributed by atoms with Crippen LogP contribution in [-0.4, -0.2) is 0 Å². The van der Waals surface area contributed by atoms with Crippen LogP contribution in [0, 0.1) is 0 Å². The van der Waals surface area contributed by atoms with Crippen molar-refractivity contribution in [1.82, 2.24) is 0 Å². The van der Waals surface area contributed by atoms with E-state index in [-0.39, 0.29) is 0 Å². The molecule has 0 amide bonds. The summed E-state index contributed by atoms with van der Waals surface area (Å²) in [6.07, 6.45) is 0. The third kappa shape index (κ3) is 4.16. The highest BCUT2D eigenvalue weighted by atomic mass is 16.3. The molecule has 0 N–H and O–H groups in total. The van der Waals surface area contributed by atoms with Gasteiger partial charge in [0.2, 0.25) is 0 Å². The van der Waals surface area contributed by atoms with E-state index in [1.807, 2.05) is 0 Å². The van der Waals surface area contributed by atoms with E-state index in [2.05, 4.69) is 182 Å². The molecule has 0 spiro atoms. The quantitative estimate of drug-likeness (QED) is 0.138. The van der Waals surface area contributed by atoms with Crippen molar-refractivity contribution >= 4 is 75.8 Å². The first-order valence-corrected chi connectivity index (χ1v) is 17.6. The summed E-state index contributed by atoms with van der Waals surface area (Å²) in [4.78, 5) is 0. The molecule has 0 saturated carbocycles. The number of fused-ring (bicyclic) bond motifs is 11. The Labute approximate surface area is 294 Å². The van der Waals surface area contributed by atoms with Crippen molar-refractivity contribution in [2.75, 3.05) is 0 Å². The van der Waals surface area contributed by atoms with Gasteiger partial charge in [-0.05, 0) is 106 Å². The van der Waals surface area contributed by atoms with Gasteiger partial charge in [-0.15, -0.1) is 0 Å². The first-order chi connectivity index (χ1) is 25.3. The van der Waals surface area contributed by atoms with Crippen LogP contribution in [0.4, 0.5) is 0 Å². The van der Waals surface area contributed by atoms with Crippen LogP contribution in [0.5, 0.6) is 0 Å². The third-order valence-electron chi connectivity index (χ3n) is 10.8. The zero-order chi connectivity index (χ0) is 33.5. The molecule has 1 nitrogen and oxygen atoms in total. The third-order valence-corrected chi connectivity index (χ3v) is 10.8. The Morgan fingerprint density at radius 3 is 1.61 bits per heavy atom. The van der Waals surface area contributed by atoms with Crippen molar-refractivity contribution in [3.63, 3.8) is 0 Å². The topological polar surface area (TPSA) is 13.1 Å². The number of hydrogen-bond donors (Lipinski definition) is 0. The Balaban J connectivity index is 1.21. The van der Waals surface area contributed by atoms with Crippen LogP contribution in [0.25, 0.3) is 109 Å². The maximum Gasteiger partial charge on any atom is 0.143 e. The fourth-order valence-corrected chi connectivity index (χ4v) is 8.59. The Morgan fingerprint density at radius 2 is 0.863 bits per heavy atom. The van der Waals surface area contributed by atoms with Gasteiger partial charge in [-0.1, -0.05) is 158 Å². The Hall–Kier alpha value is -6.70. The summed E-state index contributed by atoms with van der Waals surface area (Å²) in [6, 6.07) is 66.2. The molecule has 1 aromatic heterocycles. The molecule has 10 aromatic carbocycles. The summed E-state index contributed by atoms with van der Waals surface area (Å²) < 4.78 is 6.82. The van der Waals surface area contributed by atoms with Gasteiger partial charge >= 0.3 is 0 Å². The monoisotopic (exact) mass is 646 g/mol. The van der Waals surface area contributed by atoms with Crippen LogP contribution >= 0.6 is 0 Å². The standard InChI is InChI=1S/C50H30O/c1-2-13-31(14-3-1)33-25-28-44-46(30-33)51-50-43-27-26-34(29-45(43)36-18-6-7-19-38(36)49(44)50)47-39-20-8-10-22-41(39)48(42-23-11-9-21-40(42)47)37-24-12-16-32-15-4-5-17-35(32)37/h1-30H. The van der Waals surface area contributed by atoms with Gasteiger partial charge in [0.25, 0.3) is 0 Å². The number of furan rings is 1. The molecule has 236 valence electrons. The first-order valence-electron chi connectivity index (χ1n) is 17.6. The largest absolute Gasteiger partial charge is 0.455 e. The number of rotatable bonds is 3. The molecule has 0 aliphatic rings. The van der Waals surface area contributed by atoms with E-state index < -0.39 is 0 Å². The molecule has 1 heterocycles. The summed E-state index contributed by atoms with van der Waals surface area (Å²) in [5.41, 5.74) is 9.20. The predicted molar refractivity (Wildman–Crippen MR) is 218 cm³/mol. The highest BCUT2D eigenvalue weighted by molar-refractivity contribution is 6.31. The second-order valence-electron chi connectivity index (χ2n) is 13.6. The van der Waals surface area contributed by atoms with Gasteiger partial charge in [0.05, 0.1) is 0 Å². The van der Waals surface area contributed by atoms with Gasteiger partial charge in [-0.3, -0.25) is 0 Å². The van der Waals surface area contributed by atoms with Crippen LogP contribution in [0.15, 0.2) is 186 Å². The van der Waals surface area contributed by atoms with Gasteiger partial charge in [-0.2, -0.15) is 0 Å². The fourth-order valence-electron chi connectivity index (χ4n) is 8.59. The van der Waals surface area contributed by atoms with Gasteiger partial charge in [0, 0.05) is 16.2 Å². The molecule has 11 rings (SSSR count). The average Bonchev–Trinajstić information content (AvgIpc) is 3.59. The average molecular weight is 647 g/mol. The molecule has 0 unspecified atom stereocenters. The van der Waals surface area contributed by atoms with Gasteiger partial charge in [0.1, 0.15) is 11.2 Å². The van der Waals surface area contributed by atoms with E-state index in [4.69, 9.17) is 4.42 Å². The number of benzene rings is 10. The summed E-state index contributed by atoms with van der Waals surface area (Å²) in [7, 11) is 0. The Bertz CT molecular complexity index is 3120. The smallest absolute Gasteiger partial charge is 0.143 e. The van der Waals surface area contributed by atoms with E-state index in [1.165, 1.54) is 81.7 Å². The predicted octanol–water partition coefficient (Wildman–Crippen LogP) is 14.4. The molecule has 0 aliphatic heterocycles. The molecule has 0 bridgehead atoms. The van der Waals surface area contributed by atoms with Crippen molar-refractivity contribution in [3.05, 3.63) is 182 Å². The van der Waals surface area contributed by atoms with Crippen molar-refractivity contribution < 1.29 is 4.42 Å². The molecular weight excluding hydrogens is 617 g/mol. The molecule has 11 aromatic rings. The molecule has 0 radical (unpaired) electrons. The Morgan fingerprint density at radius 1 is 0.294 bits per heavy atom. The molecule has 0 aliphatic carbocycles. The van der Waals surface area contributed by atoms with Gasteiger partial charge < -0.3 is 4.42 Å². The SMILES string of the molecule is c1ccc(-c2ccc3c(c2)oc2c4ccc(-c5c6ccccc6c(-c6cccc7ccccc67)c6ccccc56)cc4c4ccccc4c32)cc1. The highest BCUT2D eigenvalue weighted by Gasteiger charge is 2.20. The molecule has 1 heteroatoms. The summed E-state index contributed by atoms with van der Waals surface area (Å²) in [5, 5.41) is 14.6. The van der Waals surface area contributed by atoms with Gasteiger partial charge in [0.15, 0.2) is 0 Å². The van der Waals surface area contributed by atoms with Crippen molar-refractivity contribution in [3.8, 4) is 33.4 Å². The second-order valence-corrected chi connectivity index (χ2v) is 13.6. The minimum Gasteiger partial charge on any atom is -0.455 e. The minimum absolute atomic E-state index is 0.911. The van der Waals surface area contributed by atoms with E-state index in [1.54, 1.807) is 0 Å². The first kappa shape index (κ1) is 28.2. The lowest BCUT2D eigenvalue weighted by atomic mass is 9.84. The summed E-state index contributed by atoms with van der Waals surface area (Å²) >= 11 is 0. The molecule has 0 fully saturated rings. The summed E-state index contributed by atoms with van der Waals surface area (Å²) in [6.45, 7) is 0. The fraction of sp³-hybridized carbons (Fsp3) is 0. The normalized spacial score (nSPS) is 11.9. The Kier molecular flexibility index (Phi) is 6.02. The van der Waals surface area contributed by atoms with Crippen LogP contribution in [0.3, 0.4) is 0 Å². The minimum atomic E-state index is 0.911. The summed E-state index contributed by atoms with van der Waals surface area (Å²) in [5.74, 6) is 0. The maximum absolute atomic E-state index is 6.82. The van der Waals surface area contributed by atoms with Crippen LogP contribution < -0.4 is 0 Å². The lowest BCUT2D eigenvalue weighted by Gasteiger charge is -2.19.